The summed E-state index contributed by atoms with van der Waals surface area (Å²) >= 11 is 0. The molecule has 3 heterocycles. The number of nitrogens with one attached hydrogen (secondary N) is 2. The fourth-order valence-corrected chi connectivity index (χ4v) is 3.56. The number of fused-ring (bicyclic) bond motifs is 1. The molecular formula is C22H29N9O. The maximum Gasteiger partial charge on any atom is 0.212 e. The van der Waals surface area contributed by atoms with E-state index in [0.717, 1.165) is 34.9 Å². The average Bonchev–Trinajstić information content (AvgIpc) is 3.17. The fourth-order valence-electron chi connectivity index (χ4n) is 3.56. The Kier molecular flexibility index (Phi) is 5.33. The predicted octanol–water partition coefficient (Wildman–Crippen LogP) is 2.66. The zero-order chi connectivity index (χ0) is 23.1. The number of hydrogen-bond donors (Lipinski definition) is 3. The number of nitrogens with zero attached hydrogens (tertiary/aromatic N) is 6. The molecule has 1 atom stereocenters. The minimum atomic E-state index is -1.23. The molecule has 0 aliphatic carbocycles. The van der Waals surface area contributed by atoms with Crippen LogP contribution in [0.2, 0.25) is 0 Å². The van der Waals surface area contributed by atoms with Gasteiger partial charge in [-0.1, -0.05) is 26.8 Å². The molecular weight excluding hydrogens is 406 g/mol. The summed E-state index contributed by atoms with van der Waals surface area (Å²) in [5.41, 5.74) is 11.0. The molecule has 0 saturated carbocycles. The summed E-state index contributed by atoms with van der Waals surface area (Å²) in [7, 11) is 3.38. The molecule has 1 aliphatic heterocycles. The summed E-state index contributed by atoms with van der Waals surface area (Å²) in [5.74, 6) is 0.714. The van der Waals surface area contributed by atoms with Crippen LogP contribution in [0.3, 0.4) is 0 Å². The molecule has 168 valence electrons. The molecule has 1 aliphatic rings. The summed E-state index contributed by atoms with van der Waals surface area (Å²) in [6.07, 6.45) is 1.78. The first-order valence-corrected chi connectivity index (χ1v) is 10.4. The van der Waals surface area contributed by atoms with E-state index < -0.39 is 5.79 Å². The summed E-state index contributed by atoms with van der Waals surface area (Å²) in [6, 6.07) is 7.61. The van der Waals surface area contributed by atoms with Crippen molar-refractivity contribution in [3.8, 4) is 17.1 Å². The molecule has 0 amide bonds. The van der Waals surface area contributed by atoms with Gasteiger partial charge in [-0.3, -0.25) is 5.73 Å². The molecule has 2 aromatic heterocycles. The van der Waals surface area contributed by atoms with E-state index in [1.165, 1.54) is 0 Å². The maximum atomic E-state index is 6.77. The lowest BCUT2D eigenvalue weighted by molar-refractivity contribution is 0.393. The van der Waals surface area contributed by atoms with Crippen LogP contribution in [-0.2, 0) is 12.8 Å². The molecule has 1 aromatic carbocycles. The van der Waals surface area contributed by atoms with Gasteiger partial charge in [-0.2, -0.15) is 0 Å². The number of methoxy groups -OCH3 is 1. The van der Waals surface area contributed by atoms with Gasteiger partial charge in [0.1, 0.15) is 5.75 Å². The average molecular weight is 436 g/mol. The molecule has 0 radical (unpaired) electrons. The number of rotatable bonds is 5. The Morgan fingerprint density at radius 2 is 2.03 bits per heavy atom. The molecule has 4 rings (SSSR count). The van der Waals surface area contributed by atoms with E-state index in [1.807, 2.05) is 31.2 Å². The van der Waals surface area contributed by atoms with E-state index >= 15 is 0 Å². The van der Waals surface area contributed by atoms with Gasteiger partial charge >= 0.3 is 0 Å². The third-order valence-corrected chi connectivity index (χ3v) is 5.18. The zero-order valence-electron chi connectivity index (χ0n) is 19.3. The molecule has 0 bridgehead atoms. The molecule has 3 aromatic rings. The highest BCUT2D eigenvalue weighted by Crippen LogP contribution is 2.38. The number of aromatic nitrogens is 5. The predicted molar refractivity (Wildman–Crippen MR) is 125 cm³/mol. The zero-order valence-corrected chi connectivity index (χ0v) is 19.3. The number of ether oxygens (including phenoxy) is 1. The first-order chi connectivity index (χ1) is 15.1. The highest BCUT2D eigenvalue weighted by Gasteiger charge is 2.34. The van der Waals surface area contributed by atoms with Gasteiger partial charge in [-0.15, -0.1) is 5.10 Å². The smallest absolute Gasteiger partial charge is 0.212 e. The van der Waals surface area contributed by atoms with Gasteiger partial charge in [-0.25, -0.2) is 14.7 Å². The summed E-state index contributed by atoms with van der Waals surface area (Å²) in [6.45, 7) is 9.23. The lowest BCUT2D eigenvalue weighted by Gasteiger charge is -2.34. The van der Waals surface area contributed by atoms with E-state index in [-0.39, 0.29) is 5.41 Å². The number of benzene rings is 1. The van der Waals surface area contributed by atoms with Gasteiger partial charge in [0.15, 0.2) is 11.6 Å². The molecule has 10 heteroatoms. The van der Waals surface area contributed by atoms with Crippen LogP contribution in [0.5, 0.6) is 5.75 Å². The van der Waals surface area contributed by atoms with Crippen LogP contribution in [0.4, 0.5) is 11.5 Å². The highest BCUT2D eigenvalue weighted by molar-refractivity contribution is 5.94. The van der Waals surface area contributed by atoms with E-state index in [0.29, 0.717) is 17.1 Å². The molecule has 1 unspecified atom stereocenters. The highest BCUT2D eigenvalue weighted by atomic mass is 16.5. The Labute approximate surface area is 187 Å². The number of aliphatic imine (C=N–C) groups is 1. The number of aryl methyl sites for hydroxylation is 2. The van der Waals surface area contributed by atoms with Crippen molar-refractivity contribution >= 4 is 17.7 Å². The second kappa shape index (κ2) is 7.86. The van der Waals surface area contributed by atoms with Crippen LogP contribution >= 0.6 is 0 Å². The fraction of sp³-hybridized carbons (Fsp3) is 0.409. The minimum Gasteiger partial charge on any atom is -0.496 e. The Morgan fingerprint density at radius 3 is 2.69 bits per heavy atom. The molecule has 0 fully saturated rings. The lowest BCUT2D eigenvalue weighted by Crippen LogP contribution is -2.45. The molecule has 0 spiro atoms. The number of tetrazole rings is 1. The second-order valence-electron chi connectivity index (χ2n) is 9.18. The van der Waals surface area contributed by atoms with Crippen LogP contribution in [0.15, 0.2) is 29.3 Å². The van der Waals surface area contributed by atoms with E-state index in [9.17, 15) is 0 Å². The van der Waals surface area contributed by atoms with Crippen molar-refractivity contribution in [1.82, 2.24) is 25.2 Å². The van der Waals surface area contributed by atoms with Gasteiger partial charge in [-0.05, 0) is 41.0 Å². The van der Waals surface area contributed by atoms with Crippen LogP contribution in [-0.4, -0.2) is 45.1 Å². The third-order valence-electron chi connectivity index (χ3n) is 5.18. The number of anilines is 2. The largest absolute Gasteiger partial charge is 0.496 e. The van der Waals surface area contributed by atoms with Crippen molar-refractivity contribution in [2.24, 2.45) is 23.2 Å². The summed E-state index contributed by atoms with van der Waals surface area (Å²) < 4.78 is 7.27. The summed E-state index contributed by atoms with van der Waals surface area (Å²) in [4.78, 5) is 9.35. The van der Waals surface area contributed by atoms with Gasteiger partial charge < -0.3 is 15.4 Å². The van der Waals surface area contributed by atoms with Crippen molar-refractivity contribution in [1.29, 1.82) is 0 Å². The number of hydrogen-bond acceptors (Lipinski definition) is 9. The van der Waals surface area contributed by atoms with E-state index in [2.05, 4.69) is 51.9 Å². The Bertz CT molecular complexity index is 1180. The van der Waals surface area contributed by atoms with Gasteiger partial charge in [0.2, 0.25) is 5.79 Å². The monoisotopic (exact) mass is 435 g/mol. The molecule has 4 N–H and O–H groups in total. The van der Waals surface area contributed by atoms with Crippen LogP contribution < -0.4 is 21.1 Å². The van der Waals surface area contributed by atoms with Crippen LogP contribution in [0.25, 0.3) is 11.4 Å². The lowest BCUT2D eigenvalue weighted by atomic mass is 9.97. The first-order valence-electron chi connectivity index (χ1n) is 10.4. The SMILES string of the molecule is COc1cc(-c2nnnn2C)ccc1C1(N)N=Cc2cc(C)nc(NCC(C)(C)C)c2N1. The first kappa shape index (κ1) is 21.7. The van der Waals surface area contributed by atoms with Crippen molar-refractivity contribution in [2.75, 3.05) is 24.3 Å². The summed E-state index contributed by atoms with van der Waals surface area (Å²) in [5, 5.41) is 18.5. The van der Waals surface area contributed by atoms with Crippen molar-refractivity contribution in [2.45, 2.75) is 33.5 Å². The van der Waals surface area contributed by atoms with Crippen molar-refractivity contribution in [3.05, 3.63) is 41.1 Å². The molecule has 10 nitrogen and oxygen atoms in total. The normalized spacial score (nSPS) is 17.6. The Balaban J connectivity index is 1.73. The quantitative estimate of drug-likeness (QED) is 0.558. The topological polar surface area (TPSA) is 128 Å². The number of nitrogens with two attached hydrogens (primary N) is 1. The molecule has 32 heavy (non-hydrogen) atoms. The van der Waals surface area contributed by atoms with Crippen LogP contribution in [0.1, 0.15) is 37.6 Å². The van der Waals surface area contributed by atoms with E-state index in [4.69, 9.17) is 15.5 Å². The number of pyridine rings is 1. The van der Waals surface area contributed by atoms with Crippen LogP contribution in [0, 0.1) is 12.3 Å². The second-order valence-corrected chi connectivity index (χ2v) is 9.18. The van der Waals surface area contributed by atoms with E-state index in [1.54, 1.807) is 25.1 Å². The van der Waals surface area contributed by atoms with Gasteiger partial charge in [0.05, 0.1) is 18.4 Å². The molecule has 0 saturated heterocycles. The van der Waals surface area contributed by atoms with Gasteiger partial charge in [0, 0.05) is 36.6 Å². The Morgan fingerprint density at radius 1 is 1.25 bits per heavy atom. The maximum absolute atomic E-state index is 6.77. The van der Waals surface area contributed by atoms with Crippen molar-refractivity contribution < 1.29 is 4.74 Å². The standard InChI is InChI=1S/C22H29N9O/c1-13-9-15-11-25-22(23,27-18(15)19(26-13)24-12-21(2,3)4)16-8-7-14(10-17(16)32-6)20-28-29-30-31(20)5/h7-11,27H,12,23H2,1-6H3,(H,24,26). The Hall–Kier alpha value is -3.53. The third kappa shape index (κ3) is 4.13. The van der Waals surface area contributed by atoms with Gasteiger partial charge in [0.25, 0.3) is 0 Å². The minimum absolute atomic E-state index is 0.0919. The van der Waals surface area contributed by atoms with Crippen molar-refractivity contribution in [3.63, 3.8) is 0 Å².